The molecule has 1 aliphatic rings. The third kappa shape index (κ3) is 10.5. The van der Waals surface area contributed by atoms with Crippen molar-refractivity contribution in [3.8, 4) is 28.7 Å². The maximum atomic E-state index is 14.4. The van der Waals surface area contributed by atoms with Gasteiger partial charge in [-0.25, -0.2) is 4.98 Å². The van der Waals surface area contributed by atoms with Crippen LogP contribution in [0.15, 0.2) is 36.4 Å². The van der Waals surface area contributed by atoms with Gasteiger partial charge in [0.15, 0.2) is 0 Å². The predicted octanol–water partition coefficient (Wildman–Crippen LogP) is -0.0658. The number of nitrogens with two attached hydrogens (primary N) is 3. The highest BCUT2D eigenvalue weighted by molar-refractivity contribution is 7.11. The summed E-state index contributed by atoms with van der Waals surface area (Å²) in [6.07, 6.45) is 0.0614. The van der Waals surface area contributed by atoms with Gasteiger partial charge in [-0.05, 0) is 69.1 Å². The van der Waals surface area contributed by atoms with E-state index in [-0.39, 0.29) is 57.9 Å². The summed E-state index contributed by atoms with van der Waals surface area (Å²) in [7, 11) is 1.42. The Morgan fingerprint density at radius 1 is 1.00 bits per heavy atom. The van der Waals surface area contributed by atoms with Gasteiger partial charge in [-0.1, -0.05) is 12.1 Å². The van der Waals surface area contributed by atoms with Crippen molar-refractivity contribution in [2.45, 2.75) is 57.8 Å². The largest absolute Gasteiger partial charge is 0.492 e. The van der Waals surface area contributed by atoms with E-state index in [9.17, 15) is 24.0 Å². The Kier molecular flexibility index (Phi) is 15.0. The second-order valence-electron chi connectivity index (χ2n) is 12.8. The second-order valence-corrected chi connectivity index (χ2v) is 14.2. The van der Waals surface area contributed by atoms with Gasteiger partial charge in [-0.3, -0.25) is 24.0 Å². The Bertz CT molecular complexity index is 1930. The van der Waals surface area contributed by atoms with Crippen molar-refractivity contribution < 1.29 is 33.4 Å². The zero-order chi connectivity index (χ0) is 40.2. The van der Waals surface area contributed by atoms with Gasteiger partial charge in [-0.15, -0.1) is 11.3 Å². The number of thiazole rings is 1. The number of ether oxygens (including phenoxy) is 2. The molecule has 0 radical (unpaired) electrons. The van der Waals surface area contributed by atoms with Crippen molar-refractivity contribution in [3.05, 3.63) is 63.1 Å². The molecule has 0 spiro atoms. The molecule has 1 aliphatic heterocycles. The van der Waals surface area contributed by atoms with E-state index < -0.39 is 53.7 Å². The van der Waals surface area contributed by atoms with E-state index in [0.717, 1.165) is 0 Å². The molecule has 0 unspecified atom stereocenters. The lowest BCUT2D eigenvalue weighted by Gasteiger charge is -2.32. The molecule has 55 heavy (non-hydrogen) atoms. The highest BCUT2D eigenvalue weighted by Crippen LogP contribution is 2.40. The summed E-state index contributed by atoms with van der Waals surface area (Å²) in [4.78, 5) is 74.9. The first-order chi connectivity index (χ1) is 26.3. The molecule has 0 fully saturated rings. The average Bonchev–Trinajstić information content (AvgIpc) is 3.51. The standard InChI is InChI=1S/C37H48N10O7S/c1-20-33(48)46-28(34(49)42-14-11-39)18-23-5-7-29(53-15-12-40)25(17-23)26-19-24(6-8-30(26)54-16-13-41)32(36(51)43-20)47(4)37(52)27(9-10-38)45-35(50)31-21(2)55-22(3)44-31/h5-8,17,19-20,27-28,32H,9-10,12-16,18,38,40-41H2,1-4H3,(H,42,49)(H,43,51)(H,45,50)(H,46,48)/t20-,27-,28-,32-/m0/s1. The van der Waals surface area contributed by atoms with Crippen LogP contribution in [0, 0.1) is 25.2 Å². The van der Waals surface area contributed by atoms with Gasteiger partial charge in [0.25, 0.3) is 5.91 Å². The minimum atomic E-state index is -1.36. The van der Waals surface area contributed by atoms with Crippen molar-refractivity contribution >= 4 is 40.9 Å². The lowest BCUT2D eigenvalue weighted by molar-refractivity contribution is -0.141. The molecular formula is C37H48N10O7S. The minimum Gasteiger partial charge on any atom is -0.492 e. The van der Waals surface area contributed by atoms with Crippen molar-refractivity contribution in [1.29, 1.82) is 5.26 Å². The number of benzene rings is 2. The monoisotopic (exact) mass is 776 g/mol. The molecule has 18 heteroatoms. The number of fused-ring (bicyclic) bond motifs is 5. The molecule has 17 nitrogen and oxygen atoms in total. The van der Waals surface area contributed by atoms with E-state index in [1.165, 1.54) is 30.2 Å². The van der Waals surface area contributed by atoms with E-state index in [0.29, 0.717) is 43.6 Å². The van der Waals surface area contributed by atoms with Crippen LogP contribution in [0.5, 0.6) is 11.5 Å². The summed E-state index contributed by atoms with van der Waals surface area (Å²) in [5.41, 5.74) is 19.6. The molecule has 0 saturated carbocycles. The number of aryl methyl sites for hydroxylation is 2. The van der Waals surface area contributed by atoms with E-state index in [1.807, 2.05) is 6.07 Å². The number of rotatable bonds is 14. The maximum Gasteiger partial charge on any atom is 0.271 e. The van der Waals surface area contributed by atoms with Gasteiger partial charge in [0.2, 0.25) is 23.6 Å². The molecule has 3 aromatic rings. The van der Waals surface area contributed by atoms with Crippen LogP contribution >= 0.6 is 11.3 Å². The topological polar surface area (TPSA) is 270 Å². The lowest BCUT2D eigenvalue weighted by atomic mass is 9.93. The molecule has 4 atom stereocenters. The fourth-order valence-electron chi connectivity index (χ4n) is 6.10. The summed E-state index contributed by atoms with van der Waals surface area (Å²) in [6, 6.07) is 7.18. The van der Waals surface area contributed by atoms with Gasteiger partial charge in [0.05, 0.1) is 11.1 Å². The maximum absolute atomic E-state index is 14.4. The predicted molar refractivity (Wildman–Crippen MR) is 205 cm³/mol. The van der Waals surface area contributed by atoms with Crippen molar-refractivity contribution in [2.24, 2.45) is 17.2 Å². The van der Waals surface area contributed by atoms with Gasteiger partial charge >= 0.3 is 0 Å². The van der Waals surface area contributed by atoms with E-state index in [1.54, 1.807) is 50.2 Å². The average molecular weight is 777 g/mol. The summed E-state index contributed by atoms with van der Waals surface area (Å²) in [6.45, 7) is 5.43. The zero-order valence-electron chi connectivity index (χ0n) is 31.3. The first-order valence-electron chi connectivity index (χ1n) is 17.7. The molecule has 1 aromatic heterocycles. The number of carbonyl (C=O) groups is 5. The Hall–Kier alpha value is -5.61. The molecule has 294 valence electrons. The summed E-state index contributed by atoms with van der Waals surface area (Å²) >= 11 is 1.34. The third-order valence-corrected chi connectivity index (χ3v) is 9.62. The van der Waals surface area contributed by atoms with Crippen molar-refractivity contribution in [1.82, 2.24) is 31.2 Å². The molecule has 5 amide bonds. The normalized spacial score (nSPS) is 17.4. The van der Waals surface area contributed by atoms with Gasteiger partial charge in [0.1, 0.15) is 61.1 Å². The van der Waals surface area contributed by atoms with Gasteiger partial charge < -0.3 is 52.8 Å². The van der Waals surface area contributed by atoms with E-state index in [4.69, 9.17) is 31.9 Å². The van der Waals surface area contributed by atoms with Crippen LogP contribution in [0.4, 0.5) is 0 Å². The SMILES string of the molecule is Cc1nc(C(=O)N[C@@H](CCN)C(=O)N(C)[C@@H]2C(=O)N[C@@H](C)C(=O)N[C@H](C(=O)NCC#N)Cc3ccc(OCCN)c(c3)-c3cc2ccc3OCCN)c(C)s1. The number of nitrogens with zero attached hydrogens (tertiary/aromatic N) is 3. The second kappa shape index (κ2) is 19.6. The quantitative estimate of drug-likeness (QED) is 0.106. The first kappa shape index (κ1) is 42.1. The summed E-state index contributed by atoms with van der Waals surface area (Å²) in [5, 5.41) is 20.4. The van der Waals surface area contributed by atoms with Crippen LogP contribution in [0.25, 0.3) is 11.1 Å². The summed E-state index contributed by atoms with van der Waals surface area (Å²) in [5.74, 6) is -2.44. The number of amides is 5. The number of nitrogens with one attached hydrogen (secondary N) is 4. The Balaban J connectivity index is 1.89. The van der Waals surface area contributed by atoms with Crippen LogP contribution in [0.2, 0.25) is 0 Å². The fraction of sp³-hybridized carbons (Fsp3) is 0.432. The zero-order valence-corrected chi connectivity index (χ0v) is 32.1. The smallest absolute Gasteiger partial charge is 0.271 e. The number of hydrogen-bond donors (Lipinski definition) is 7. The Morgan fingerprint density at radius 3 is 2.25 bits per heavy atom. The van der Waals surface area contributed by atoms with Crippen LogP contribution in [0.3, 0.4) is 0 Å². The molecule has 4 bridgehead atoms. The van der Waals surface area contributed by atoms with Crippen molar-refractivity contribution in [2.75, 3.05) is 46.4 Å². The highest BCUT2D eigenvalue weighted by atomic mass is 32.1. The summed E-state index contributed by atoms with van der Waals surface area (Å²) < 4.78 is 12.1. The van der Waals surface area contributed by atoms with E-state index >= 15 is 0 Å². The first-order valence-corrected chi connectivity index (χ1v) is 18.5. The number of aromatic nitrogens is 1. The molecule has 0 saturated heterocycles. The highest BCUT2D eigenvalue weighted by Gasteiger charge is 2.36. The lowest BCUT2D eigenvalue weighted by Crippen LogP contribution is -2.56. The number of hydrogen-bond acceptors (Lipinski definition) is 13. The molecule has 4 rings (SSSR count). The van der Waals surface area contributed by atoms with Gasteiger partial charge in [-0.2, -0.15) is 5.26 Å². The number of carbonyl (C=O) groups excluding carboxylic acids is 5. The molecular weight excluding hydrogens is 729 g/mol. The fourth-order valence-corrected chi connectivity index (χ4v) is 6.91. The molecule has 10 N–H and O–H groups in total. The van der Waals surface area contributed by atoms with Crippen LogP contribution in [0.1, 0.15) is 50.9 Å². The van der Waals surface area contributed by atoms with Crippen molar-refractivity contribution in [3.63, 3.8) is 0 Å². The Morgan fingerprint density at radius 2 is 1.65 bits per heavy atom. The molecule has 2 heterocycles. The minimum absolute atomic E-state index is 0.0145. The number of likely N-dealkylation sites (N-methyl/N-ethyl adjacent to an activating group) is 1. The Labute approximate surface area is 323 Å². The van der Waals surface area contributed by atoms with Crippen LogP contribution in [-0.2, 0) is 25.6 Å². The van der Waals surface area contributed by atoms with Crippen LogP contribution in [-0.4, -0.2) is 104 Å². The molecule has 0 aliphatic carbocycles. The third-order valence-electron chi connectivity index (χ3n) is 8.73. The van der Waals surface area contributed by atoms with Crippen LogP contribution < -0.4 is 47.9 Å². The van der Waals surface area contributed by atoms with E-state index in [2.05, 4.69) is 26.3 Å². The number of nitriles is 1. The molecule has 2 aromatic carbocycles. The van der Waals surface area contributed by atoms with Gasteiger partial charge in [0, 0.05) is 42.6 Å².